The highest BCUT2D eigenvalue weighted by molar-refractivity contribution is 7.89. The molecular formula is C32H47N3O5S. The number of carbonyl (C=O) groups is 1. The van der Waals surface area contributed by atoms with Crippen LogP contribution in [-0.2, 0) is 19.6 Å². The van der Waals surface area contributed by atoms with Gasteiger partial charge in [0.1, 0.15) is 12.4 Å². The molecule has 2 fully saturated rings. The van der Waals surface area contributed by atoms with Crippen molar-refractivity contribution in [2.24, 2.45) is 11.8 Å². The van der Waals surface area contributed by atoms with Gasteiger partial charge in [0, 0.05) is 31.8 Å². The largest absolute Gasteiger partial charge is 0.497 e. The Bertz CT molecular complexity index is 1180. The molecule has 0 spiro atoms. The number of hydrogen-bond donors (Lipinski definition) is 1. The van der Waals surface area contributed by atoms with Crippen LogP contribution in [0.4, 0.5) is 0 Å². The van der Waals surface area contributed by atoms with E-state index < -0.39 is 10.0 Å². The number of nitrogens with zero attached hydrogens (tertiary/aromatic N) is 2. The first-order chi connectivity index (χ1) is 19.8. The number of nitrogens with one attached hydrogen (secondary N) is 1. The zero-order valence-corrected chi connectivity index (χ0v) is 25.7. The average molecular weight is 586 g/mol. The van der Waals surface area contributed by atoms with Gasteiger partial charge in [-0.1, -0.05) is 36.8 Å². The van der Waals surface area contributed by atoms with Crippen LogP contribution in [0.25, 0.3) is 0 Å². The number of methoxy groups -OCH3 is 1. The van der Waals surface area contributed by atoms with Crippen molar-refractivity contribution in [2.75, 3.05) is 47.5 Å². The van der Waals surface area contributed by atoms with E-state index in [1.807, 2.05) is 0 Å². The van der Waals surface area contributed by atoms with Gasteiger partial charge in [-0.15, -0.1) is 0 Å². The molecule has 0 radical (unpaired) electrons. The van der Waals surface area contributed by atoms with Crippen LogP contribution in [-0.4, -0.2) is 77.1 Å². The molecule has 1 saturated carbocycles. The van der Waals surface area contributed by atoms with Crippen LogP contribution in [0.15, 0.2) is 59.5 Å². The fourth-order valence-electron chi connectivity index (χ4n) is 6.51. The number of carbonyl (C=O) groups excluding carboxylic acids is 1. The third kappa shape index (κ3) is 8.53. The molecule has 41 heavy (non-hydrogen) atoms. The topological polar surface area (TPSA) is 88.2 Å². The molecule has 0 bridgehead atoms. The third-order valence-corrected chi connectivity index (χ3v) is 10.7. The third-order valence-electron chi connectivity index (χ3n) is 8.69. The zero-order chi connectivity index (χ0) is 29.2. The fraction of sp³-hybridized carbons (Fsp3) is 0.594. The van der Waals surface area contributed by atoms with Crippen LogP contribution in [0.3, 0.4) is 0 Å². The summed E-state index contributed by atoms with van der Waals surface area (Å²) in [5.41, 5.74) is 1.38. The van der Waals surface area contributed by atoms with E-state index in [0.29, 0.717) is 49.7 Å². The highest BCUT2D eigenvalue weighted by atomic mass is 32.2. The van der Waals surface area contributed by atoms with Crippen LogP contribution in [0.5, 0.6) is 5.75 Å². The SMILES string of the molecule is COc1ccc(S(=O)(=O)N2CCCCC2CCOCC(=O)NCC2CCC(C(c3ccccc3)N(C)C)CC2)cc1. The van der Waals surface area contributed by atoms with Gasteiger partial charge in [-0.05, 0) is 101 Å². The lowest BCUT2D eigenvalue weighted by molar-refractivity contribution is -0.126. The molecule has 2 aliphatic rings. The lowest BCUT2D eigenvalue weighted by Gasteiger charge is -2.37. The predicted molar refractivity (Wildman–Crippen MR) is 161 cm³/mol. The molecule has 0 aromatic heterocycles. The second kappa shape index (κ2) is 15.1. The summed E-state index contributed by atoms with van der Waals surface area (Å²) in [6, 6.07) is 17.6. The number of benzene rings is 2. The van der Waals surface area contributed by atoms with Gasteiger partial charge in [0.25, 0.3) is 0 Å². The molecule has 2 atom stereocenters. The van der Waals surface area contributed by atoms with Gasteiger partial charge >= 0.3 is 0 Å². The number of amides is 1. The molecule has 8 nitrogen and oxygen atoms in total. The molecule has 2 aromatic rings. The zero-order valence-electron chi connectivity index (χ0n) is 24.8. The van der Waals surface area contributed by atoms with Crippen molar-refractivity contribution in [2.45, 2.75) is 68.3 Å². The van der Waals surface area contributed by atoms with Gasteiger partial charge < -0.3 is 19.7 Å². The van der Waals surface area contributed by atoms with E-state index in [9.17, 15) is 13.2 Å². The van der Waals surface area contributed by atoms with E-state index in [1.54, 1.807) is 35.7 Å². The number of sulfonamides is 1. The standard InChI is InChI=1S/C32H47N3O5S/c1-34(2)32(26-9-5-4-6-10-26)27-14-12-25(13-15-27)23-33-31(36)24-40-22-20-28-11-7-8-21-35(28)41(37,38)30-18-16-29(39-3)17-19-30/h4-6,9-10,16-19,25,27-28,32H,7-8,11-15,20-24H2,1-3H3,(H,33,36). The molecule has 9 heteroatoms. The lowest BCUT2D eigenvalue weighted by atomic mass is 9.76. The van der Waals surface area contributed by atoms with Gasteiger partial charge in [-0.3, -0.25) is 4.79 Å². The summed E-state index contributed by atoms with van der Waals surface area (Å²) in [4.78, 5) is 15.1. The Morgan fingerprint density at radius 1 is 1.00 bits per heavy atom. The summed E-state index contributed by atoms with van der Waals surface area (Å²) < 4.78 is 39.1. The van der Waals surface area contributed by atoms with E-state index in [1.165, 1.54) is 5.56 Å². The minimum atomic E-state index is -3.60. The number of hydrogen-bond acceptors (Lipinski definition) is 6. The van der Waals surface area contributed by atoms with Crippen molar-refractivity contribution in [3.8, 4) is 5.75 Å². The Hall–Kier alpha value is -2.46. The monoisotopic (exact) mass is 585 g/mol. The lowest BCUT2D eigenvalue weighted by Crippen LogP contribution is -2.44. The summed E-state index contributed by atoms with van der Waals surface area (Å²) in [6.45, 7) is 1.54. The van der Waals surface area contributed by atoms with Crippen LogP contribution in [0, 0.1) is 11.8 Å². The molecule has 4 rings (SSSR count). The second-order valence-electron chi connectivity index (χ2n) is 11.7. The first kappa shape index (κ1) is 31.5. The Labute approximate surface area is 246 Å². The number of ether oxygens (including phenoxy) is 2. The van der Waals surface area contributed by atoms with Crippen LogP contribution in [0.1, 0.15) is 63.0 Å². The maximum Gasteiger partial charge on any atom is 0.246 e. The van der Waals surface area contributed by atoms with Crippen molar-refractivity contribution < 1.29 is 22.7 Å². The first-order valence-electron chi connectivity index (χ1n) is 15.0. The van der Waals surface area contributed by atoms with Crippen LogP contribution in [0.2, 0.25) is 0 Å². The molecule has 2 aromatic carbocycles. The number of rotatable bonds is 13. The quantitative estimate of drug-likeness (QED) is 0.338. The van der Waals surface area contributed by atoms with Gasteiger partial charge in [-0.2, -0.15) is 4.31 Å². The number of piperidine rings is 1. The van der Waals surface area contributed by atoms with Gasteiger partial charge in [-0.25, -0.2) is 8.42 Å². The molecule has 2 unspecified atom stereocenters. The van der Waals surface area contributed by atoms with E-state index in [-0.39, 0.29) is 23.5 Å². The average Bonchev–Trinajstić information content (AvgIpc) is 2.99. The van der Waals surface area contributed by atoms with E-state index >= 15 is 0 Å². The maximum absolute atomic E-state index is 13.3. The van der Waals surface area contributed by atoms with Crippen molar-refractivity contribution in [1.82, 2.24) is 14.5 Å². The normalized spacial score (nSPS) is 22.8. The highest BCUT2D eigenvalue weighted by Crippen LogP contribution is 2.39. The fourth-order valence-corrected chi connectivity index (χ4v) is 8.23. The van der Waals surface area contributed by atoms with Gasteiger partial charge in [0.05, 0.1) is 12.0 Å². The van der Waals surface area contributed by atoms with E-state index in [4.69, 9.17) is 9.47 Å². The van der Waals surface area contributed by atoms with Gasteiger partial charge in [0.2, 0.25) is 15.9 Å². The molecule has 1 saturated heterocycles. The van der Waals surface area contributed by atoms with Crippen molar-refractivity contribution in [1.29, 1.82) is 0 Å². The Kier molecular flexibility index (Phi) is 11.6. The van der Waals surface area contributed by atoms with Crippen molar-refractivity contribution in [3.05, 3.63) is 60.2 Å². The van der Waals surface area contributed by atoms with E-state index in [2.05, 4.69) is 54.6 Å². The molecular weight excluding hydrogens is 538 g/mol. The molecule has 1 heterocycles. The van der Waals surface area contributed by atoms with E-state index in [0.717, 1.165) is 44.9 Å². The molecule has 1 N–H and O–H groups in total. The maximum atomic E-state index is 13.3. The smallest absolute Gasteiger partial charge is 0.246 e. The van der Waals surface area contributed by atoms with Gasteiger partial charge in [0.15, 0.2) is 0 Å². The Morgan fingerprint density at radius 3 is 2.37 bits per heavy atom. The molecule has 226 valence electrons. The van der Waals surface area contributed by atoms with Crippen LogP contribution >= 0.6 is 0 Å². The first-order valence-corrected chi connectivity index (χ1v) is 16.4. The Balaban J connectivity index is 1.17. The summed E-state index contributed by atoms with van der Waals surface area (Å²) in [7, 11) is 2.28. The molecule has 1 aliphatic carbocycles. The van der Waals surface area contributed by atoms with Crippen molar-refractivity contribution >= 4 is 15.9 Å². The molecule has 1 amide bonds. The second-order valence-corrected chi connectivity index (χ2v) is 13.6. The summed E-state index contributed by atoms with van der Waals surface area (Å²) >= 11 is 0. The summed E-state index contributed by atoms with van der Waals surface area (Å²) in [5, 5.41) is 3.06. The minimum absolute atomic E-state index is 0.00397. The minimum Gasteiger partial charge on any atom is -0.497 e. The highest BCUT2D eigenvalue weighted by Gasteiger charge is 2.33. The summed E-state index contributed by atoms with van der Waals surface area (Å²) in [5.74, 6) is 1.64. The predicted octanol–water partition coefficient (Wildman–Crippen LogP) is 4.87. The van der Waals surface area contributed by atoms with Crippen molar-refractivity contribution in [3.63, 3.8) is 0 Å². The van der Waals surface area contributed by atoms with Crippen LogP contribution < -0.4 is 10.1 Å². The molecule has 1 aliphatic heterocycles. The Morgan fingerprint density at radius 2 is 1.71 bits per heavy atom. The summed E-state index contributed by atoms with van der Waals surface area (Å²) in [6.07, 6.45) is 7.75.